The molecule has 0 spiro atoms. The Balaban J connectivity index is 1.50. The Hall–Kier alpha value is -3.64. The molecule has 0 saturated carbocycles. The first kappa shape index (κ1) is 18.7. The van der Waals surface area contributed by atoms with Crippen molar-refractivity contribution in [3.63, 3.8) is 0 Å². The lowest BCUT2D eigenvalue weighted by Gasteiger charge is -2.17. The number of nitrogens with zero attached hydrogens (tertiary/aromatic N) is 1. The van der Waals surface area contributed by atoms with E-state index in [0.717, 1.165) is 39.0 Å². The summed E-state index contributed by atoms with van der Waals surface area (Å²) in [5.41, 5.74) is 4.74. The summed E-state index contributed by atoms with van der Waals surface area (Å²) in [4.78, 5) is 12.8. The fourth-order valence-electron chi connectivity index (χ4n) is 3.34. The van der Waals surface area contributed by atoms with Crippen LogP contribution in [0, 0.1) is 0 Å². The molecule has 1 amide bonds. The van der Waals surface area contributed by atoms with Crippen molar-refractivity contribution in [2.45, 2.75) is 6.04 Å². The number of anilines is 1. The maximum Gasteiger partial charge on any atom is 0.246 e. The average molecular weight is 386 g/mol. The van der Waals surface area contributed by atoms with Crippen LogP contribution < -0.4 is 15.4 Å². The zero-order valence-corrected chi connectivity index (χ0v) is 16.3. The second-order valence-electron chi connectivity index (χ2n) is 6.73. The summed E-state index contributed by atoms with van der Waals surface area (Å²) in [5.74, 6) is 0.707. The number of ether oxygens (including phenoxy) is 1. The highest BCUT2D eigenvalue weighted by atomic mass is 16.5. The molecule has 0 bridgehead atoms. The van der Waals surface area contributed by atoms with E-state index >= 15 is 0 Å². The van der Waals surface area contributed by atoms with Gasteiger partial charge < -0.3 is 15.4 Å². The SMILES string of the molecule is CNC(C(=O)Nc1ccc2[nH]ncc2c1)c1ccc(-c2ccc(OC)cc2)cc1. The smallest absolute Gasteiger partial charge is 0.246 e. The van der Waals surface area contributed by atoms with Gasteiger partial charge in [-0.25, -0.2) is 0 Å². The molecule has 146 valence electrons. The van der Waals surface area contributed by atoms with Gasteiger partial charge in [-0.05, 0) is 54.1 Å². The summed E-state index contributed by atoms with van der Waals surface area (Å²) < 4.78 is 5.21. The van der Waals surface area contributed by atoms with E-state index in [0.29, 0.717) is 0 Å². The van der Waals surface area contributed by atoms with E-state index in [4.69, 9.17) is 4.74 Å². The number of H-pyrrole nitrogens is 1. The van der Waals surface area contributed by atoms with E-state index in [1.165, 1.54) is 0 Å². The molecule has 6 heteroatoms. The molecule has 1 unspecified atom stereocenters. The first-order chi connectivity index (χ1) is 14.2. The first-order valence-corrected chi connectivity index (χ1v) is 9.33. The van der Waals surface area contributed by atoms with Crippen molar-refractivity contribution in [2.24, 2.45) is 0 Å². The van der Waals surface area contributed by atoms with Gasteiger partial charge in [0, 0.05) is 11.1 Å². The minimum Gasteiger partial charge on any atom is -0.497 e. The highest BCUT2D eigenvalue weighted by Crippen LogP contribution is 2.25. The number of amides is 1. The summed E-state index contributed by atoms with van der Waals surface area (Å²) in [5, 5.41) is 13.9. The van der Waals surface area contributed by atoms with Crippen LogP contribution in [0.15, 0.2) is 72.9 Å². The van der Waals surface area contributed by atoms with Gasteiger partial charge in [0.15, 0.2) is 0 Å². The van der Waals surface area contributed by atoms with E-state index in [1.807, 2.05) is 66.7 Å². The van der Waals surface area contributed by atoms with Gasteiger partial charge in [0.05, 0.1) is 18.8 Å². The molecule has 0 aliphatic heterocycles. The van der Waals surface area contributed by atoms with Gasteiger partial charge in [0.1, 0.15) is 11.8 Å². The molecule has 3 N–H and O–H groups in total. The minimum absolute atomic E-state index is 0.118. The molecule has 0 radical (unpaired) electrons. The predicted octanol–water partition coefficient (Wildman–Crippen LogP) is 4.14. The van der Waals surface area contributed by atoms with Gasteiger partial charge in [0.25, 0.3) is 0 Å². The first-order valence-electron chi connectivity index (χ1n) is 9.33. The van der Waals surface area contributed by atoms with Gasteiger partial charge in [-0.2, -0.15) is 5.10 Å². The van der Waals surface area contributed by atoms with Gasteiger partial charge in [-0.1, -0.05) is 36.4 Å². The Labute approximate surface area is 168 Å². The second-order valence-corrected chi connectivity index (χ2v) is 6.73. The maximum atomic E-state index is 12.8. The van der Waals surface area contributed by atoms with Crippen LogP contribution in [0.1, 0.15) is 11.6 Å². The molecular formula is C23H22N4O2. The number of carbonyl (C=O) groups excluding carboxylic acids is 1. The summed E-state index contributed by atoms with van der Waals surface area (Å²) in [7, 11) is 3.43. The average Bonchev–Trinajstić information content (AvgIpc) is 3.23. The number of benzene rings is 3. The summed E-state index contributed by atoms with van der Waals surface area (Å²) in [6, 6.07) is 21.1. The number of likely N-dealkylation sites (N-methyl/N-ethyl adjacent to an activating group) is 1. The minimum atomic E-state index is -0.458. The molecule has 1 atom stereocenters. The molecule has 6 nitrogen and oxygen atoms in total. The zero-order chi connectivity index (χ0) is 20.2. The Kier molecular flexibility index (Phi) is 5.27. The van der Waals surface area contributed by atoms with E-state index in [2.05, 4.69) is 20.8 Å². The van der Waals surface area contributed by atoms with Gasteiger partial charge in [0.2, 0.25) is 5.91 Å². The van der Waals surface area contributed by atoms with Crippen molar-refractivity contribution in [2.75, 3.05) is 19.5 Å². The quantitative estimate of drug-likeness (QED) is 0.465. The lowest BCUT2D eigenvalue weighted by Crippen LogP contribution is -2.30. The normalized spacial score (nSPS) is 11.9. The molecule has 4 aromatic rings. The van der Waals surface area contributed by atoms with Crippen molar-refractivity contribution in [1.82, 2.24) is 15.5 Å². The van der Waals surface area contributed by atoms with Gasteiger partial charge >= 0.3 is 0 Å². The number of aromatic nitrogens is 2. The number of rotatable bonds is 6. The Morgan fingerprint density at radius 1 is 1.00 bits per heavy atom. The highest BCUT2D eigenvalue weighted by Gasteiger charge is 2.19. The lowest BCUT2D eigenvalue weighted by molar-refractivity contribution is -0.118. The van der Waals surface area contributed by atoms with Crippen molar-refractivity contribution < 1.29 is 9.53 Å². The topological polar surface area (TPSA) is 79.0 Å². The van der Waals surface area contributed by atoms with Gasteiger partial charge in [-0.15, -0.1) is 0 Å². The van der Waals surface area contributed by atoms with Crippen LogP contribution in [0.3, 0.4) is 0 Å². The number of fused-ring (bicyclic) bond motifs is 1. The molecule has 0 fully saturated rings. The molecule has 0 aliphatic carbocycles. The third-order valence-electron chi connectivity index (χ3n) is 4.93. The molecular weight excluding hydrogens is 364 g/mol. The number of hydrogen-bond donors (Lipinski definition) is 3. The Morgan fingerprint density at radius 2 is 1.69 bits per heavy atom. The molecule has 0 saturated heterocycles. The van der Waals surface area contributed by atoms with Crippen LogP contribution in [0.25, 0.3) is 22.0 Å². The van der Waals surface area contributed by atoms with Crippen LogP contribution >= 0.6 is 0 Å². The number of methoxy groups -OCH3 is 1. The fourth-order valence-corrected chi connectivity index (χ4v) is 3.34. The molecule has 1 aromatic heterocycles. The Morgan fingerprint density at radius 3 is 2.34 bits per heavy atom. The largest absolute Gasteiger partial charge is 0.497 e. The van der Waals surface area contributed by atoms with Crippen LogP contribution in [-0.4, -0.2) is 30.3 Å². The van der Waals surface area contributed by atoms with Crippen molar-refractivity contribution >= 4 is 22.5 Å². The second kappa shape index (κ2) is 8.16. The monoisotopic (exact) mass is 386 g/mol. The van der Waals surface area contributed by atoms with E-state index in [-0.39, 0.29) is 5.91 Å². The van der Waals surface area contributed by atoms with Crippen LogP contribution in [-0.2, 0) is 4.79 Å². The Bertz CT molecular complexity index is 1120. The van der Waals surface area contributed by atoms with Crippen LogP contribution in [0.2, 0.25) is 0 Å². The number of hydrogen-bond acceptors (Lipinski definition) is 4. The van der Waals surface area contributed by atoms with E-state index in [1.54, 1.807) is 20.4 Å². The van der Waals surface area contributed by atoms with Crippen molar-refractivity contribution in [3.8, 4) is 16.9 Å². The molecule has 1 heterocycles. The summed E-state index contributed by atoms with van der Waals surface area (Å²) >= 11 is 0. The number of nitrogens with one attached hydrogen (secondary N) is 3. The maximum absolute atomic E-state index is 12.8. The lowest BCUT2D eigenvalue weighted by atomic mass is 10.00. The fraction of sp³-hybridized carbons (Fsp3) is 0.130. The predicted molar refractivity (Wildman–Crippen MR) is 115 cm³/mol. The molecule has 29 heavy (non-hydrogen) atoms. The van der Waals surface area contributed by atoms with Gasteiger partial charge in [-0.3, -0.25) is 9.89 Å². The standard InChI is InChI=1S/C23H22N4O2/c1-24-22(23(28)26-19-9-12-21-18(13-19)14-25-27-21)17-5-3-15(4-6-17)16-7-10-20(29-2)11-8-16/h3-14,22,24H,1-2H3,(H,25,27)(H,26,28). The summed E-state index contributed by atoms with van der Waals surface area (Å²) in [6.45, 7) is 0. The van der Waals surface area contributed by atoms with E-state index < -0.39 is 6.04 Å². The van der Waals surface area contributed by atoms with Crippen molar-refractivity contribution in [3.05, 3.63) is 78.5 Å². The van der Waals surface area contributed by atoms with E-state index in [9.17, 15) is 4.79 Å². The highest BCUT2D eigenvalue weighted by molar-refractivity contribution is 5.97. The van der Waals surface area contributed by atoms with Crippen LogP contribution in [0.5, 0.6) is 5.75 Å². The third kappa shape index (κ3) is 3.97. The third-order valence-corrected chi connectivity index (χ3v) is 4.93. The molecule has 4 rings (SSSR count). The molecule has 3 aromatic carbocycles. The van der Waals surface area contributed by atoms with Crippen LogP contribution in [0.4, 0.5) is 5.69 Å². The number of aromatic amines is 1. The number of carbonyl (C=O) groups is 1. The molecule has 0 aliphatic rings. The zero-order valence-electron chi connectivity index (χ0n) is 16.3. The van der Waals surface area contributed by atoms with Crippen molar-refractivity contribution in [1.29, 1.82) is 0 Å². The summed E-state index contributed by atoms with van der Waals surface area (Å²) in [6.07, 6.45) is 1.73.